The van der Waals surface area contributed by atoms with Gasteiger partial charge in [-0.25, -0.2) is 4.79 Å². The Kier molecular flexibility index (Phi) is 4.73. The standard InChI is InChI=1S/C16H15BrClNO4/c17-9-5-6-13(12(18)7-9)23-14(20)8-19-15(21)10-3-1-2-4-11(10)16(19)22/h5-7,10-11H,1-4,8H2/t10-,11-/m1/s1. The van der Waals surface area contributed by atoms with E-state index < -0.39 is 5.97 Å². The summed E-state index contributed by atoms with van der Waals surface area (Å²) in [4.78, 5) is 37.7. The highest BCUT2D eigenvalue weighted by Crippen LogP contribution is 2.38. The van der Waals surface area contributed by atoms with Gasteiger partial charge in [-0.05, 0) is 31.0 Å². The van der Waals surface area contributed by atoms with E-state index in [0.717, 1.165) is 35.1 Å². The van der Waals surface area contributed by atoms with Crippen LogP contribution in [0.4, 0.5) is 0 Å². The van der Waals surface area contributed by atoms with Crippen molar-refractivity contribution >= 4 is 45.3 Å². The SMILES string of the molecule is O=C(CN1C(=O)[C@@H]2CCCC[C@H]2C1=O)Oc1ccc(Br)cc1Cl. The van der Waals surface area contributed by atoms with E-state index in [2.05, 4.69) is 15.9 Å². The maximum Gasteiger partial charge on any atom is 0.331 e. The number of hydrogen-bond acceptors (Lipinski definition) is 4. The lowest BCUT2D eigenvalue weighted by atomic mass is 9.81. The van der Waals surface area contributed by atoms with Crippen molar-refractivity contribution in [3.63, 3.8) is 0 Å². The Morgan fingerprint density at radius 3 is 2.39 bits per heavy atom. The number of nitrogens with zero attached hydrogens (tertiary/aromatic N) is 1. The van der Waals surface area contributed by atoms with E-state index in [4.69, 9.17) is 16.3 Å². The quantitative estimate of drug-likeness (QED) is 0.444. The lowest BCUT2D eigenvalue weighted by Crippen LogP contribution is -2.37. The van der Waals surface area contributed by atoms with Crippen molar-refractivity contribution in [1.29, 1.82) is 0 Å². The lowest BCUT2D eigenvalue weighted by molar-refractivity contribution is -0.148. The van der Waals surface area contributed by atoms with Crippen molar-refractivity contribution in [1.82, 2.24) is 4.90 Å². The molecule has 0 aromatic heterocycles. The van der Waals surface area contributed by atoms with Gasteiger partial charge in [0.15, 0.2) is 0 Å². The summed E-state index contributed by atoms with van der Waals surface area (Å²) in [7, 11) is 0. The van der Waals surface area contributed by atoms with Crippen LogP contribution in [-0.2, 0) is 14.4 Å². The van der Waals surface area contributed by atoms with E-state index >= 15 is 0 Å². The molecule has 0 spiro atoms. The molecule has 5 nitrogen and oxygen atoms in total. The van der Waals surface area contributed by atoms with Crippen LogP contribution in [0, 0.1) is 11.8 Å². The van der Waals surface area contributed by atoms with Crippen molar-refractivity contribution in [2.45, 2.75) is 25.7 Å². The lowest BCUT2D eigenvalue weighted by Gasteiger charge is -2.19. The van der Waals surface area contributed by atoms with Crippen LogP contribution in [0.3, 0.4) is 0 Å². The summed E-state index contributed by atoms with van der Waals surface area (Å²) in [5, 5.41) is 0.278. The second-order valence-corrected chi connectivity index (χ2v) is 7.13. The predicted molar refractivity (Wildman–Crippen MR) is 87.0 cm³/mol. The van der Waals surface area contributed by atoms with E-state index in [1.807, 2.05) is 0 Å². The third kappa shape index (κ3) is 3.28. The van der Waals surface area contributed by atoms with Crippen molar-refractivity contribution in [2.24, 2.45) is 11.8 Å². The molecule has 1 aliphatic heterocycles. The molecule has 0 radical (unpaired) electrons. The molecular formula is C16H15BrClNO4. The summed E-state index contributed by atoms with van der Waals surface area (Å²) >= 11 is 9.25. The van der Waals surface area contributed by atoms with Crippen LogP contribution < -0.4 is 4.74 Å². The number of ether oxygens (including phenoxy) is 1. The predicted octanol–water partition coefficient (Wildman–Crippen LogP) is 3.18. The zero-order valence-electron chi connectivity index (χ0n) is 12.3. The number of hydrogen-bond donors (Lipinski definition) is 0. The third-order valence-electron chi connectivity index (χ3n) is 4.34. The molecule has 1 saturated carbocycles. The van der Waals surface area contributed by atoms with Crippen LogP contribution in [0.25, 0.3) is 0 Å². The highest BCUT2D eigenvalue weighted by atomic mass is 79.9. The minimum absolute atomic E-state index is 0.205. The summed E-state index contributed by atoms with van der Waals surface area (Å²) in [5.74, 6) is -1.50. The fraction of sp³-hybridized carbons (Fsp3) is 0.438. The number of rotatable bonds is 3. The van der Waals surface area contributed by atoms with Crippen LogP contribution in [0.2, 0.25) is 5.02 Å². The second-order valence-electron chi connectivity index (χ2n) is 5.81. The number of amides is 2. The van der Waals surface area contributed by atoms with Gasteiger partial charge in [-0.1, -0.05) is 40.4 Å². The Labute approximate surface area is 147 Å². The Balaban J connectivity index is 1.68. The Bertz CT molecular complexity index is 654. The second kappa shape index (κ2) is 6.61. The summed E-state index contributed by atoms with van der Waals surface area (Å²) in [6.45, 7) is -0.364. The summed E-state index contributed by atoms with van der Waals surface area (Å²) in [5.41, 5.74) is 0. The first-order chi connectivity index (χ1) is 11.0. The van der Waals surface area contributed by atoms with E-state index in [9.17, 15) is 14.4 Å². The Morgan fingerprint density at radius 2 is 1.83 bits per heavy atom. The van der Waals surface area contributed by atoms with Crippen molar-refractivity contribution in [2.75, 3.05) is 6.54 Å². The molecule has 7 heteroatoms. The van der Waals surface area contributed by atoms with Crippen LogP contribution in [0.15, 0.2) is 22.7 Å². The topological polar surface area (TPSA) is 63.7 Å². The number of likely N-dealkylation sites (tertiary alicyclic amines) is 1. The van der Waals surface area contributed by atoms with Gasteiger partial charge < -0.3 is 4.74 Å². The first kappa shape index (κ1) is 16.5. The van der Waals surface area contributed by atoms with Gasteiger partial charge in [0.1, 0.15) is 12.3 Å². The van der Waals surface area contributed by atoms with Crippen LogP contribution in [0.5, 0.6) is 5.75 Å². The number of imide groups is 1. The summed E-state index contributed by atoms with van der Waals surface area (Å²) in [6, 6.07) is 4.85. The van der Waals surface area contributed by atoms with Crippen molar-refractivity contribution in [3.8, 4) is 5.75 Å². The molecule has 1 aliphatic carbocycles. The zero-order valence-corrected chi connectivity index (χ0v) is 14.6. The van der Waals surface area contributed by atoms with Gasteiger partial charge in [0, 0.05) is 4.47 Å². The van der Waals surface area contributed by atoms with Crippen molar-refractivity contribution in [3.05, 3.63) is 27.7 Å². The normalized spacial score (nSPS) is 23.8. The van der Waals surface area contributed by atoms with Gasteiger partial charge in [-0.15, -0.1) is 0 Å². The number of benzene rings is 1. The molecule has 122 valence electrons. The fourth-order valence-electron chi connectivity index (χ4n) is 3.23. The van der Waals surface area contributed by atoms with E-state index in [1.165, 1.54) is 0 Å². The number of carbonyl (C=O) groups excluding carboxylic acids is 3. The molecule has 1 heterocycles. The van der Waals surface area contributed by atoms with Gasteiger partial charge in [0.2, 0.25) is 11.8 Å². The number of carbonyl (C=O) groups is 3. The molecule has 2 fully saturated rings. The Morgan fingerprint density at radius 1 is 1.22 bits per heavy atom. The molecule has 2 amide bonds. The highest BCUT2D eigenvalue weighted by Gasteiger charge is 2.48. The van der Waals surface area contributed by atoms with Gasteiger partial charge in [0.05, 0.1) is 16.9 Å². The Hall–Kier alpha value is -1.40. The number of fused-ring (bicyclic) bond motifs is 1. The van der Waals surface area contributed by atoms with Gasteiger partial charge in [-0.2, -0.15) is 0 Å². The first-order valence-corrected chi connectivity index (χ1v) is 8.65. The molecule has 2 atom stereocenters. The molecule has 0 N–H and O–H groups in total. The van der Waals surface area contributed by atoms with Crippen molar-refractivity contribution < 1.29 is 19.1 Å². The van der Waals surface area contributed by atoms with Gasteiger partial charge in [0.25, 0.3) is 0 Å². The van der Waals surface area contributed by atoms with Gasteiger partial charge >= 0.3 is 5.97 Å². The third-order valence-corrected chi connectivity index (χ3v) is 5.13. The highest BCUT2D eigenvalue weighted by molar-refractivity contribution is 9.10. The molecule has 1 aromatic carbocycles. The fourth-order valence-corrected chi connectivity index (χ4v) is 3.94. The monoisotopic (exact) mass is 399 g/mol. The van der Waals surface area contributed by atoms with Crippen LogP contribution >= 0.6 is 27.5 Å². The maximum atomic E-state index is 12.3. The van der Waals surface area contributed by atoms with Crippen LogP contribution in [-0.4, -0.2) is 29.2 Å². The van der Waals surface area contributed by atoms with E-state index in [0.29, 0.717) is 0 Å². The molecule has 1 aromatic rings. The largest absolute Gasteiger partial charge is 0.424 e. The maximum absolute atomic E-state index is 12.3. The molecular weight excluding hydrogens is 386 g/mol. The minimum atomic E-state index is -0.672. The molecule has 1 saturated heterocycles. The number of halogens is 2. The van der Waals surface area contributed by atoms with Gasteiger partial charge in [-0.3, -0.25) is 14.5 Å². The average Bonchev–Trinajstić information content (AvgIpc) is 2.76. The van der Waals surface area contributed by atoms with E-state index in [-0.39, 0.29) is 41.0 Å². The van der Waals surface area contributed by atoms with E-state index in [1.54, 1.807) is 18.2 Å². The summed E-state index contributed by atoms with van der Waals surface area (Å²) < 4.78 is 5.93. The zero-order chi connectivity index (χ0) is 16.6. The first-order valence-electron chi connectivity index (χ1n) is 7.48. The molecule has 0 unspecified atom stereocenters. The van der Waals surface area contributed by atoms with Crippen LogP contribution in [0.1, 0.15) is 25.7 Å². The number of esters is 1. The average molecular weight is 401 g/mol. The molecule has 0 bridgehead atoms. The molecule has 2 aliphatic rings. The molecule has 3 rings (SSSR count). The summed E-state index contributed by atoms with van der Waals surface area (Å²) in [6.07, 6.45) is 3.35. The minimum Gasteiger partial charge on any atom is -0.424 e. The smallest absolute Gasteiger partial charge is 0.331 e. The molecule has 23 heavy (non-hydrogen) atoms.